The Hall–Kier alpha value is -0.0400. The standard InChI is InChI=1S/C6H2ClF3IN.C2H6/c7-5-1-4(11)3(2-12-5)6(8,9)10;1-2/h1-2H;1-2H3. The van der Waals surface area contributed by atoms with Gasteiger partial charge in [-0.05, 0) is 28.7 Å². The van der Waals surface area contributed by atoms with Crippen LogP contribution in [0.2, 0.25) is 5.15 Å². The van der Waals surface area contributed by atoms with E-state index in [4.69, 9.17) is 11.6 Å². The van der Waals surface area contributed by atoms with Gasteiger partial charge in [0, 0.05) is 9.77 Å². The number of alkyl halides is 3. The van der Waals surface area contributed by atoms with E-state index in [9.17, 15) is 13.2 Å². The zero-order chi connectivity index (χ0) is 11.4. The van der Waals surface area contributed by atoms with Gasteiger partial charge in [0.2, 0.25) is 0 Å². The van der Waals surface area contributed by atoms with E-state index in [0.717, 1.165) is 6.20 Å². The quantitative estimate of drug-likeness (QED) is 0.505. The van der Waals surface area contributed by atoms with Gasteiger partial charge >= 0.3 is 6.18 Å². The highest BCUT2D eigenvalue weighted by Gasteiger charge is 2.33. The summed E-state index contributed by atoms with van der Waals surface area (Å²) in [5.74, 6) is 0. The Morgan fingerprint density at radius 1 is 1.36 bits per heavy atom. The van der Waals surface area contributed by atoms with E-state index in [1.807, 2.05) is 13.8 Å². The minimum Gasteiger partial charge on any atom is -0.244 e. The zero-order valence-corrected chi connectivity index (χ0v) is 10.4. The second kappa shape index (κ2) is 5.75. The second-order valence-electron chi connectivity index (χ2n) is 1.98. The average Bonchev–Trinajstić information content (AvgIpc) is 2.05. The number of rotatable bonds is 0. The van der Waals surface area contributed by atoms with Gasteiger partial charge in [-0.25, -0.2) is 4.98 Å². The van der Waals surface area contributed by atoms with Crippen LogP contribution >= 0.6 is 34.2 Å². The van der Waals surface area contributed by atoms with Gasteiger partial charge in [0.15, 0.2) is 0 Å². The van der Waals surface area contributed by atoms with Crippen molar-refractivity contribution in [3.8, 4) is 0 Å². The van der Waals surface area contributed by atoms with Gasteiger partial charge in [-0.3, -0.25) is 0 Å². The molecule has 80 valence electrons. The summed E-state index contributed by atoms with van der Waals surface area (Å²) < 4.78 is 36.3. The fraction of sp³-hybridized carbons (Fsp3) is 0.375. The maximum absolute atomic E-state index is 12.1. The molecule has 0 aliphatic rings. The molecule has 0 bridgehead atoms. The van der Waals surface area contributed by atoms with E-state index in [2.05, 4.69) is 4.98 Å². The van der Waals surface area contributed by atoms with Crippen molar-refractivity contribution in [2.24, 2.45) is 0 Å². The van der Waals surface area contributed by atoms with Crippen LogP contribution in [0.15, 0.2) is 12.3 Å². The fourth-order valence-corrected chi connectivity index (χ4v) is 1.70. The molecule has 0 aliphatic carbocycles. The highest BCUT2D eigenvalue weighted by molar-refractivity contribution is 14.1. The molecule has 0 aliphatic heterocycles. The van der Waals surface area contributed by atoms with E-state index in [1.165, 1.54) is 6.07 Å². The highest BCUT2D eigenvalue weighted by atomic mass is 127. The smallest absolute Gasteiger partial charge is 0.244 e. The number of aromatic nitrogens is 1. The molecule has 0 aromatic carbocycles. The molecule has 1 nitrogen and oxygen atoms in total. The monoisotopic (exact) mass is 337 g/mol. The lowest BCUT2D eigenvalue weighted by atomic mass is 10.3. The molecule has 6 heteroatoms. The van der Waals surface area contributed by atoms with Gasteiger partial charge in [0.25, 0.3) is 0 Å². The van der Waals surface area contributed by atoms with E-state index in [0.29, 0.717) is 0 Å². The Balaban J connectivity index is 0.000000791. The first-order chi connectivity index (χ1) is 6.41. The summed E-state index contributed by atoms with van der Waals surface area (Å²) in [6.07, 6.45) is -3.63. The van der Waals surface area contributed by atoms with Crippen molar-refractivity contribution in [3.05, 3.63) is 26.5 Å². The number of hydrogen-bond donors (Lipinski definition) is 0. The van der Waals surface area contributed by atoms with E-state index >= 15 is 0 Å². The first kappa shape index (κ1) is 14.0. The Morgan fingerprint density at radius 3 is 2.21 bits per heavy atom. The van der Waals surface area contributed by atoms with Crippen molar-refractivity contribution in [1.82, 2.24) is 4.98 Å². The Bertz CT molecular complexity index is 301. The van der Waals surface area contributed by atoms with Crippen molar-refractivity contribution < 1.29 is 13.2 Å². The van der Waals surface area contributed by atoms with Crippen molar-refractivity contribution in [2.45, 2.75) is 20.0 Å². The third-order valence-electron chi connectivity index (χ3n) is 1.13. The summed E-state index contributed by atoms with van der Waals surface area (Å²) in [5, 5.41) is 0.0624. The molecule has 1 rings (SSSR count). The second-order valence-corrected chi connectivity index (χ2v) is 3.53. The normalized spacial score (nSPS) is 10.5. The third kappa shape index (κ3) is 4.00. The Labute approximate surface area is 98.8 Å². The van der Waals surface area contributed by atoms with Crippen molar-refractivity contribution >= 4 is 34.2 Å². The van der Waals surface area contributed by atoms with E-state index < -0.39 is 11.7 Å². The molecule has 0 radical (unpaired) electrons. The number of pyridine rings is 1. The summed E-state index contributed by atoms with van der Waals surface area (Å²) in [7, 11) is 0. The van der Waals surface area contributed by atoms with Crippen LogP contribution in [0.4, 0.5) is 13.2 Å². The van der Waals surface area contributed by atoms with Crippen LogP contribution in [0.1, 0.15) is 19.4 Å². The lowest BCUT2D eigenvalue weighted by molar-refractivity contribution is -0.138. The van der Waals surface area contributed by atoms with Gasteiger partial charge < -0.3 is 0 Å². The van der Waals surface area contributed by atoms with Crippen molar-refractivity contribution in [3.63, 3.8) is 0 Å². The van der Waals surface area contributed by atoms with Crippen molar-refractivity contribution in [1.29, 1.82) is 0 Å². The topological polar surface area (TPSA) is 12.9 Å². The van der Waals surface area contributed by atoms with Gasteiger partial charge in [-0.2, -0.15) is 13.2 Å². The lowest BCUT2D eigenvalue weighted by Crippen LogP contribution is -2.07. The molecule has 0 spiro atoms. The molecular weight excluding hydrogens is 329 g/mol. The maximum atomic E-state index is 12.1. The van der Waals surface area contributed by atoms with Crippen LogP contribution in [0.5, 0.6) is 0 Å². The molecule has 0 unspecified atom stereocenters. The first-order valence-corrected chi connectivity index (χ1v) is 5.25. The maximum Gasteiger partial charge on any atom is 0.418 e. The molecule has 0 fully saturated rings. The molecule has 14 heavy (non-hydrogen) atoms. The fourth-order valence-electron chi connectivity index (χ4n) is 0.616. The first-order valence-electron chi connectivity index (χ1n) is 3.79. The van der Waals surface area contributed by atoms with Crippen LogP contribution in [0.25, 0.3) is 0 Å². The van der Waals surface area contributed by atoms with Gasteiger partial charge in [0.05, 0.1) is 5.56 Å². The SMILES string of the molecule is CC.FC(F)(F)c1cnc(Cl)cc1I. The molecule has 1 aromatic rings. The predicted molar refractivity (Wildman–Crippen MR) is 58.3 cm³/mol. The van der Waals surface area contributed by atoms with Crippen molar-refractivity contribution in [2.75, 3.05) is 0 Å². The summed E-state index contributed by atoms with van der Waals surface area (Å²) in [5.41, 5.74) is -0.757. The molecule has 0 N–H and O–H groups in total. The minimum atomic E-state index is -4.35. The Kier molecular flexibility index (Phi) is 5.73. The highest BCUT2D eigenvalue weighted by Crippen LogP contribution is 2.32. The van der Waals surface area contributed by atoms with Crippen LogP contribution in [-0.2, 0) is 6.18 Å². The zero-order valence-electron chi connectivity index (χ0n) is 7.49. The van der Waals surface area contributed by atoms with Crippen LogP contribution < -0.4 is 0 Å². The minimum absolute atomic E-state index is 0.0556. The lowest BCUT2D eigenvalue weighted by Gasteiger charge is -2.07. The van der Waals surface area contributed by atoms with E-state index in [-0.39, 0.29) is 8.72 Å². The molecule has 0 atom stereocenters. The summed E-state index contributed by atoms with van der Waals surface area (Å²) in [4.78, 5) is 3.35. The van der Waals surface area contributed by atoms with Gasteiger partial charge in [0.1, 0.15) is 5.15 Å². The molecule has 1 aromatic heterocycles. The molecule has 0 amide bonds. The predicted octanol–water partition coefficient (Wildman–Crippen LogP) is 4.38. The van der Waals surface area contributed by atoms with Crippen LogP contribution in [0.3, 0.4) is 0 Å². The summed E-state index contributed by atoms with van der Waals surface area (Å²) in [6.45, 7) is 4.00. The Morgan fingerprint density at radius 2 is 1.86 bits per heavy atom. The average molecular weight is 338 g/mol. The summed E-state index contributed by atoms with van der Waals surface area (Å²) >= 11 is 6.95. The third-order valence-corrected chi connectivity index (χ3v) is 2.22. The van der Waals surface area contributed by atoms with Gasteiger partial charge in [-0.1, -0.05) is 25.4 Å². The molecular formula is C8H8ClF3IN. The molecule has 0 saturated carbocycles. The molecule has 0 saturated heterocycles. The molecule has 1 heterocycles. The summed E-state index contributed by atoms with van der Waals surface area (Å²) in [6, 6.07) is 1.17. The van der Waals surface area contributed by atoms with Gasteiger partial charge in [-0.15, -0.1) is 0 Å². The largest absolute Gasteiger partial charge is 0.418 e. The number of hydrogen-bond acceptors (Lipinski definition) is 1. The van der Waals surface area contributed by atoms with E-state index in [1.54, 1.807) is 22.6 Å². The number of halogens is 5. The number of nitrogens with zero attached hydrogens (tertiary/aromatic N) is 1. The van der Waals surface area contributed by atoms with Crippen LogP contribution in [0, 0.1) is 3.57 Å². The van der Waals surface area contributed by atoms with Crippen LogP contribution in [-0.4, -0.2) is 4.98 Å².